The lowest BCUT2D eigenvalue weighted by Gasteiger charge is -2.10. The fraction of sp³-hybridized carbons (Fsp3) is 0.0556. The summed E-state index contributed by atoms with van der Waals surface area (Å²) in [6.45, 7) is 1.50. The molecule has 0 atom stereocenters. The smallest absolute Gasteiger partial charge is 0.274 e. The van der Waals surface area contributed by atoms with Crippen LogP contribution >= 0.6 is 0 Å². The number of anilines is 3. The second kappa shape index (κ2) is 7.40. The number of hydrogen-bond donors (Lipinski definition) is 2. The molecular formula is C18H12F4N4O. The van der Waals surface area contributed by atoms with Gasteiger partial charge in [0.15, 0.2) is 17.5 Å². The zero-order valence-electron chi connectivity index (χ0n) is 13.9. The Morgan fingerprint density at radius 1 is 0.926 bits per heavy atom. The van der Waals surface area contributed by atoms with Gasteiger partial charge in [-0.3, -0.25) is 4.79 Å². The van der Waals surface area contributed by atoms with E-state index < -0.39 is 29.2 Å². The van der Waals surface area contributed by atoms with Crippen molar-refractivity contribution in [1.82, 2.24) is 9.97 Å². The number of amides is 1. The summed E-state index contributed by atoms with van der Waals surface area (Å²) in [6, 6.07) is 8.08. The van der Waals surface area contributed by atoms with Crippen LogP contribution in [0.4, 0.5) is 34.8 Å². The van der Waals surface area contributed by atoms with Crippen LogP contribution in [-0.2, 0) is 0 Å². The maximum Gasteiger partial charge on any atom is 0.274 e. The number of hydrogen-bond acceptors (Lipinski definition) is 4. The fourth-order valence-corrected chi connectivity index (χ4v) is 2.24. The molecule has 2 aromatic carbocycles. The molecule has 0 radical (unpaired) electrons. The van der Waals surface area contributed by atoms with Gasteiger partial charge in [-0.25, -0.2) is 27.5 Å². The Morgan fingerprint density at radius 3 is 2.33 bits per heavy atom. The Bertz CT molecular complexity index is 1010. The van der Waals surface area contributed by atoms with Gasteiger partial charge in [-0.2, -0.15) is 0 Å². The first-order chi connectivity index (χ1) is 12.8. The molecule has 0 aliphatic rings. The summed E-state index contributed by atoms with van der Waals surface area (Å²) < 4.78 is 53.1. The van der Waals surface area contributed by atoms with E-state index in [2.05, 4.69) is 20.6 Å². The van der Waals surface area contributed by atoms with E-state index in [1.807, 2.05) is 0 Å². The number of carbonyl (C=O) groups excluding carboxylic acids is 1. The summed E-state index contributed by atoms with van der Waals surface area (Å²) in [7, 11) is 0. The Kier molecular flexibility index (Phi) is 5.02. The van der Waals surface area contributed by atoms with Crippen LogP contribution in [-0.4, -0.2) is 15.9 Å². The summed E-state index contributed by atoms with van der Waals surface area (Å²) in [5.41, 5.74) is -0.0620. The van der Waals surface area contributed by atoms with Crippen LogP contribution in [0.25, 0.3) is 0 Å². The Labute approximate surface area is 151 Å². The summed E-state index contributed by atoms with van der Waals surface area (Å²) in [5, 5.41) is 5.01. The molecule has 138 valence electrons. The lowest BCUT2D eigenvalue weighted by Crippen LogP contribution is -2.15. The molecular weight excluding hydrogens is 364 g/mol. The average Bonchev–Trinajstić information content (AvgIpc) is 2.63. The fourth-order valence-electron chi connectivity index (χ4n) is 2.24. The highest BCUT2D eigenvalue weighted by Crippen LogP contribution is 2.23. The van der Waals surface area contributed by atoms with Gasteiger partial charge in [0.05, 0.1) is 5.69 Å². The SMILES string of the molecule is Cc1nc(Nc2ccc(F)c(F)c2F)cc(C(=O)Nc2ccc(F)cc2)n1. The van der Waals surface area contributed by atoms with Crippen molar-refractivity contribution < 1.29 is 22.4 Å². The van der Waals surface area contributed by atoms with Crippen molar-refractivity contribution >= 4 is 23.1 Å². The molecule has 5 nitrogen and oxygen atoms in total. The van der Waals surface area contributed by atoms with Gasteiger partial charge >= 0.3 is 0 Å². The Balaban J connectivity index is 1.85. The van der Waals surface area contributed by atoms with E-state index in [1.54, 1.807) is 0 Å². The van der Waals surface area contributed by atoms with Crippen molar-refractivity contribution in [2.45, 2.75) is 6.92 Å². The zero-order chi connectivity index (χ0) is 19.6. The number of aromatic nitrogens is 2. The van der Waals surface area contributed by atoms with Crippen molar-refractivity contribution in [2.24, 2.45) is 0 Å². The van der Waals surface area contributed by atoms with Gasteiger partial charge in [-0.05, 0) is 43.3 Å². The third kappa shape index (κ3) is 4.20. The first-order valence-electron chi connectivity index (χ1n) is 7.66. The van der Waals surface area contributed by atoms with Crippen LogP contribution in [0.2, 0.25) is 0 Å². The first-order valence-corrected chi connectivity index (χ1v) is 7.66. The molecule has 0 unspecified atom stereocenters. The first kappa shape index (κ1) is 18.3. The molecule has 9 heteroatoms. The minimum absolute atomic E-state index is 0.0108. The van der Waals surface area contributed by atoms with Gasteiger partial charge in [-0.1, -0.05) is 0 Å². The quantitative estimate of drug-likeness (QED) is 0.525. The number of rotatable bonds is 4. The molecule has 1 amide bonds. The van der Waals surface area contributed by atoms with E-state index in [0.29, 0.717) is 5.69 Å². The number of halogens is 4. The molecule has 0 saturated carbocycles. The third-order valence-corrected chi connectivity index (χ3v) is 3.47. The molecule has 2 N–H and O–H groups in total. The average molecular weight is 376 g/mol. The van der Waals surface area contributed by atoms with Crippen LogP contribution in [0.1, 0.15) is 16.3 Å². The van der Waals surface area contributed by atoms with Crippen LogP contribution in [0.3, 0.4) is 0 Å². The van der Waals surface area contributed by atoms with E-state index >= 15 is 0 Å². The summed E-state index contributed by atoms with van der Waals surface area (Å²) in [4.78, 5) is 20.3. The van der Waals surface area contributed by atoms with E-state index in [-0.39, 0.29) is 23.0 Å². The lowest BCUT2D eigenvalue weighted by molar-refractivity contribution is 0.102. The highest BCUT2D eigenvalue weighted by molar-refractivity contribution is 6.03. The van der Waals surface area contributed by atoms with Crippen LogP contribution in [0, 0.1) is 30.2 Å². The number of benzene rings is 2. The lowest BCUT2D eigenvalue weighted by atomic mass is 10.2. The normalized spacial score (nSPS) is 10.6. The van der Waals surface area contributed by atoms with Gasteiger partial charge in [0, 0.05) is 11.8 Å². The predicted octanol–water partition coefficient (Wildman–Crippen LogP) is 4.34. The third-order valence-electron chi connectivity index (χ3n) is 3.47. The summed E-state index contributed by atoms with van der Waals surface area (Å²) in [5.74, 6) is -5.23. The zero-order valence-corrected chi connectivity index (χ0v) is 13.9. The van der Waals surface area contributed by atoms with Crippen molar-refractivity contribution in [3.8, 4) is 0 Å². The van der Waals surface area contributed by atoms with Gasteiger partial charge in [0.2, 0.25) is 0 Å². The molecule has 0 spiro atoms. The second-order valence-electron chi connectivity index (χ2n) is 5.49. The van der Waals surface area contributed by atoms with Crippen LogP contribution in [0.15, 0.2) is 42.5 Å². The largest absolute Gasteiger partial charge is 0.338 e. The van der Waals surface area contributed by atoms with Crippen molar-refractivity contribution in [2.75, 3.05) is 10.6 Å². The topological polar surface area (TPSA) is 66.9 Å². The molecule has 1 aromatic heterocycles. The molecule has 1 heterocycles. The van der Waals surface area contributed by atoms with Gasteiger partial charge in [-0.15, -0.1) is 0 Å². The van der Waals surface area contributed by atoms with Gasteiger partial charge in [0.25, 0.3) is 5.91 Å². The van der Waals surface area contributed by atoms with Gasteiger partial charge < -0.3 is 10.6 Å². The van der Waals surface area contributed by atoms with E-state index in [1.165, 1.54) is 37.3 Å². The standard InChI is InChI=1S/C18H12F4N4O/c1-9-23-14(18(27)25-11-4-2-10(19)3-5-11)8-15(24-9)26-13-7-6-12(20)16(21)17(13)22/h2-8H,1H3,(H,25,27)(H,23,24,26). The van der Waals surface area contributed by atoms with Crippen molar-refractivity contribution in [1.29, 1.82) is 0 Å². The molecule has 0 aliphatic carbocycles. The molecule has 0 fully saturated rings. The van der Waals surface area contributed by atoms with Crippen molar-refractivity contribution in [3.05, 3.63) is 77.3 Å². The molecule has 3 rings (SSSR count). The predicted molar refractivity (Wildman–Crippen MR) is 90.7 cm³/mol. The summed E-state index contributed by atoms with van der Waals surface area (Å²) >= 11 is 0. The van der Waals surface area contributed by atoms with Crippen LogP contribution < -0.4 is 10.6 Å². The monoisotopic (exact) mass is 376 g/mol. The minimum atomic E-state index is -1.62. The molecule has 0 aliphatic heterocycles. The minimum Gasteiger partial charge on any atom is -0.338 e. The van der Waals surface area contributed by atoms with E-state index in [9.17, 15) is 22.4 Å². The highest BCUT2D eigenvalue weighted by atomic mass is 19.2. The number of carbonyl (C=O) groups is 1. The van der Waals surface area contributed by atoms with E-state index in [4.69, 9.17) is 0 Å². The second-order valence-corrected chi connectivity index (χ2v) is 5.49. The van der Waals surface area contributed by atoms with E-state index in [0.717, 1.165) is 12.1 Å². The Morgan fingerprint density at radius 2 is 1.63 bits per heavy atom. The number of nitrogens with zero attached hydrogens (tertiary/aromatic N) is 2. The maximum absolute atomic E-state index is 13.8. The van der Waals surface area contributed by atoms with Gasteiger partial charge in [0.1, 0.15) is 23.2 Å². The number of nitrogens with one attached hydrogen (secondary N) is 2. The molecule has 0 saturated heterocycles. The molecule has 0 bridgehead atoms. The van der Waals surface area contributed by atoms with Crippen molar-refractivity contribution in [3.63, 3.8) is 0 Å². The summed E-state index contributed by atoms with van der Waals surface area (Å²) in [6.07, 6.45) is 0. The van der Waals surface area contributed by atoms with Crippen LogP contribution in [0.5, 0.6) is 0 Å². The Hall–Kier alpha value is -3.49. The molecule has 3 aromatic rings. The maximum atomic E-state index is 13.8. The highest BCUT2D eigenvalue weighted by Gasteiger charge is 2.16. The molecule has 27 heavy (non-hydrogen) atoms. The number of aryl methyl sites for hydroxylation is 1.